The number of anilines is 1. The van der Waals surface area contributed by atoms with Gasteiger partial charge in [0, 0.05) is 11.3 Å². The smallest absolute Gasteiger partial charge is 0.191 e. The summed E-state index contributed by atoms with van der Waals surface area (Å²) in [5.41, 5.74) is 7.38. The lowest BCUT2D eigenvalue weighted by Gasteiger charge is -2.11. The molecule has 0 heterocycles. The molecule has 0 saturated heterocycles. The molecule has 0 aliphatic heterocycles. The molecule has 0 spiro atoms. The Labute approximate surface area is 135 Å². The summed E-state index contributed by atoms with van der Waals surface area (Å²) in [7, 11) is 0. The fourth-order valence-electron chi connectivity index (χ4n) is 2.02. The van der Waals surface area contributed by atoms with Crippen LogP contribution in [0.15, 0.2) is 47.6 Å². The molecule has 114 valence electrons. The van der Waals surface area contributed by atoms with Crippen molar-refractivity contribution in [1.82, 2.24) is 5.43 Å². The number of hydrazone groups is 1. The van der Waals surface area contributed by atoms with Crippen LogP contribution in [0, 0.1) is 19.7 Å². The van der Waals surface area contributed by atoms with Gasteiger partial charge in [-0.3, -0.25) is 5.43 Å². The number of nitrogens with one attached hydrogen (secondary N) is 2. The van der Waals surface area contributed by atoms with Crippen LogP contribution in [0.2, 0.25) is 0 Å². The maximum Gasteiger partial charge on any atom is 0.191 e. The first-order valence-corrected chi connectivity index (χ1v) is 7.31. The lowest BCUT2D eigenvalue weighted by molar-refractivity contribution is 0.627. The first kappa shape index (κ1) is 16.1. The molecule has 5 heteroatoms. The molecule has 2 N–H and O–H groups in total. The Kier molecular flexibility index (Phi) is 5.22. The standard InChI is InChI=1S/C17H18FN3S/c1-11-7-8-16(12(2)9-11)19-17(22)21-20-13(3)14-5-4-6-15(18)10-14/h4-10H,1-3H3,(H2,19,21,22)/b20-13+. The van der Waals surface area contributed by atoms with Gasteiger partial charge in [0.2, 0.25) is 0 Å². The summed E-state index contributed by atoms with van der Waals surface area (Å²) in [6, 6.07) is 12.3. The van der Waals surface area contributed by atoms with Gasteiger partial charge in [0.15, 0.2) is 5.11 Å². The number of halogens is 1. The predicted octanol–water partition coefficient (Wildman–Crippen LogP) is 4.15. The van der Waals surface area contributed by atoms with E-state index in [2.05, 4.69) is 21.9 Å². The quantitative estimate of drug-likeness (QED) is 0.507. The summed E-state index contributed by atoms with van der Waals surface area (Å²) in [6.07, 6.45) is 0. The Hall–Kier alpha value is -2.27. The molecule has 0 radical (unpaired) electrons. The largest absolute Gasteiger partial charge is 0.331 e. The van der Waals surface area contributed by atoms with Crippen LogP contribution in [0.1, 0.15) is 23.6 Å². The molecular formula is C17H18FN3S. The molecule has 2 rings (SSSR count). The highest BCUT2D eigenvalue weighted by atomic mass is 32.1. The topological polar surface area (TPSA) is 36.4 Å². The Bertz CT molecular complexity index is 726. The molecular weight excluding hydrogens is 297 g/mol. The van der Waals surface area contributed by atoms with Crippen molar-refractivity contribution in [2.45, 2.75) is 20.8 Å². The predicted molar refractivity (Wildman–Crippen MR) is 93.9 cm³/mol. The Morgan fingerprint density at radius 2 is 1.91 bits per heavy atom. The Balaban J connectivity index is 2.01. The van der Waals surface area contributed by atoms with Crippen LogP contribution < -0.4 is 10.7 Å². The Morgan fingerprint density at radius 3 is 2.59 bits per heavy atom. The van der Waals surface area contributed by atoms with Crippen molar-refractivity contribution in [2.75, 3.05) is 5.32 Å². The normalized spacial score (nSPS) is 11.2. The van der Waals surface area contributed by atoms with E-state index in [1.807, 2.05) is 26.0 Å². The minimum Gasteiger partial charge on any atom is -0.331 e. The van der Waals surface area contributed by atoms with E-state index in [1.165, 1.54) is 17.7 Å². The van der Waals surface area contributed by atoms with E-state index in [9.17, 15) is 4.39 Å². The molecule has 0 amide bonds. The fourth-order valence-corrected chi connectivity index (χ4v) is 2.17. The molecule has 0 aliphatic rings. The molecule has 0 aromatic heterocycles. The van der Waals surface area contributed by atoms with Gasteiger partial charge in [0.1, 0.15) is 5.82 Å². The van der Waals surface area contributed by atoms with E-state index in [1.54, 1.807) is 19.1 Å². The van der Waals surface area contributed by atoms with Crippen LogP contribution in [0.25, 0.3) is 0 Å². The molecule has 0 fully saturated rings. The van der Waals surface area contributed by atoms with Crippen molar-refractivity contribution in [3.05, 3.63) is 65.0 Å². The molecule has 0 aliphatic carbocycles. The van der Waals surface area contributed by atoms with Gasteiger partial charge < -0.3 is 5.32 Å². The highest BCUT2D eigenvalue weighted by Crippen LogP contribution is 2.15. The van der Waals surface area contributed by atoms with E-state index in [4.69, 9.17) is 12.2 Å². The zero-order chi connectivity index (χ0) is 16.1. The van der Waals surface area contributed by atoms with Crippen molar-refractivity contribution in [2.24, 2.45) is 5.10 Å². The van der Waals surface area contributed by atoms with Gasteiger partial charge in [-0.15, -0.1) is 0 Å². The van der Waals surface area contributed by atoms with Gasteiger partial charge in [-0.1, -0.05) is 29.8 Å². The minimum absolute atomic E-state index is 0.289. The SMILES string of the molecule is C/C(=N\NC(=S)Nc1ccc(C)cc1C)c1cccc(F)c1. The van der Waals surface area contributed by atoms with Gasteiger partial charge in [-0.2, -0.15) is 5.10 Å². The zero-order valence-corrected chi connectivity index (χ0v) is 13.6. The average Bonchev–Trinajstić information content (AvgIpc) is 2.47. The fraction of sp³-hybridized carbons (Fsp3) is 0.176. The van der Waals surface area contributed by atoms with Crippen molar-refractivity contribution in [1.29, 1.82) is 0 Å². The summed E-state index contributed by atoms with van der Waals surface area (Å²) in [6.45, 7) is 5.85. The van der Waals surface area contributed by atoms with E-state index in [-0.39, 0.29) is 5.82 Å². The van der Waals surface area contributed by atoms with Gasteiger partial charge in [0.25, 0.3) is 0 Å². The first-order chi connectivity index (χ1) is 10.5. The third kappa shape index (κ3) is 4.36. The molecule has 3 nitrogen and oxygen atoms in total. The number of nitrogens with zero attached hydrogens (tertiary/aromatic N) is 1. The Morgan fingerprint density at radius 1 is 1.14 bits per heavy atom. The molecule has 0 bridgehead atoms. The maximum atomic E-state index is 13.2. The van der Waals surface area contributed by atoms with Gasteiger partial charge >= 0.3 is 0 Å². The third-order valence-corrected chi connectivity index (χ3v) is 3.39. The van der Waals surface area contributed by atoms with Crippen LogP contribution in [0.5, 0.6) is 0 Å². The molecule has 2 aromatic rings. The van der Waals surface area contributed by atoms with E-state index in [0.717, 1.165) is 11.3 Å². The summed E-state index contributed by atoms with van der Waals surface area (Å²) in [4.78, 5) is 0. The second-order valence-electron chi connectivity index (χ2n) is 5.09. The minimum atomic E-state index is -0.289. The van der Waals surface area contributed by atoms with Gasteiger partial charge in [-0.05, 0) is 56.8 Å². The number of aryl methyl sites for hydroxylation is 2. The van der Waals surface area contributed by atoms with E-state index < -0.39 is 0 Å². The van der Waals surface area contributed by atoms with Crippen molar-refractivity contribution in [3.63, 3.8) is 0 Å². The molecule has 0 unspecified atom stereocenters. The lowest BCUT2D eigenvalue weighted by atomic mass is 10.1. The van der Waals surface area contributed by atoms with Crippen LogP contribution >= 0.6 is 12.2 Å². The second-order valence-corrected chi connectivity index (χ2v) is 5.50. The van der Waals surface area contributed by atoms with Gasteiger partial charge in [0.05, 0.1) is 5.71 Å². The molecule has 22 heavy (non-hydrogen) atoms. The molecule has 0 atom stereocenters. The van der Waals surface area contributed by atoms with Crippen molar-refractivity contribution >= 4 is 28.7 Å². The summed E-state index contributed by atoms with van der Waals surface area (Å²) in [5.74, 6) is -0.289. The van der Waals surface area contributed by atoms with Crippen LogP contribution in [0.4, 0.5) is 10.1 Å². The van der Waals surface area contributed by atoms with Crippen molar-refractivity contribution in [3.8, 4) is 0 Å². The number of thiocarbonyl (C=S) groups is 1. The number of rotatable bonds is 3. The highest BCUT2D eigenvalue weighted by molar-refractivity contribution is 7.80. The second kappa shape index (κ2) is 7.13. The number of hydrogen-bond acceptors (Lipinski definition) is 2. The summed E-state index contributed by atoms with van der Waals surface area (Å²) < 4.78 is 13.2. The van der Waals surface area contributed by atoms with Crippen LogP contribution in [-0.2, 0) is 0 Å². The van der Waals surface area contributed by atoms with E-state index >= 15 is 0 Å². The monoisotopic (exact) mass is 315 g/mol. The first-order valence-electron chi connectivity index (χ1n) is 6.90. The summed E-state index contributed by atoms with van der Waals surface area (Å²) in [5, 5.41) is 7.66. The third-order valence-electron chi connectivity index (χ3n) is 3.20. The molecule has 0 saturated carbocycles. The lowest BCUT2D eigenvalue weighted by Crippen LogP contribution is -2.25. The average molecular weight is 315 g/mol. The van der Waals surface area contributed by atoms with Crippen LogP contribution in [0.3, 0.4) is 0 Å². The van der Waals surface area contributed by atoms with Crippen LogP contribution in [-0.4, -0.2) is 10.8 Å². The number of hydrogen-bond donors (Lipinski definition) is 2. The summed E-state index contributed by atoms with van der Waals surface area (Å²) >= 11 is 5.22. The van der Waals surface area contributed by atoms with Gasteiger partial charge in [-0.25, -0.2) is 4.39 Å². The zero-order valence-electron chi connectivity index (χ0n) is 12.8. The number of benzene rings is 2. The maximum absolute atomic E-state index is 13.2. The highest BCUT2D eigenvalue weighted by Gasteiger charge is 2.02. The molecule has 2 aromatic carbocycles. The van der Waals surface area contributed by atoms with Crippen molar-refractivity contribution < 1.29 is 4.39 Å². The van der Waals surface area contributed by atoms with E-state index in [0.29, 0.717) is 16.4 Å².